The molecule has 4 rings (SSSR count). The fourth-order valence-electron chi connectivity index (χ4n) is 2.48. The van der Waals surface area contributed by atoms with Crippen LogP contribution in [0.4, 0.5) is 6.01 Å². The van der Waals surface area contributed by atoms with Crippen LogP contribution in [0.2, 0.25) is 0 Å². The molecule has 0 saturated heterocycles. The minimum Gasteiger partial charge on any atom is -0.432 e. The average Bonchev–Trinajstić information content (AvgIpc) is 3.28. The molecule has 0 atom stereocenters. The number of carbonyl (C=O) groups excluding carboxylic acids is 1. The first-order valence-corrected chi connectivity index (χ1v) is 9.24. The summed E-state index contributed by atoms with van der Waals surface area (Å²) in [6.07, 6.45) is 0. The highest BCUT2D eigenvalue weighted by Crippen LogP contribution is 2.28. The summed E-state index contributed by atoms with van der Waals surface area (Å²) in [4.78, 5) is 17.6. The number of anilines is 1. The van der Waals surface area contributed by atoms with E-state index in [1.54, 1.807) is 23.9 Å². The third-order valence-corrected chi connectivity index (χ3v) is 4.58. The second-order valence-corrected chi connectivity index (χ2v) is 7.70. The van der Waals surface area contributed by atoms with E-state index in [0.717, 1.165) is 10.5 Å². The van der Waals surface area contributed by atoms with Crippen LogP contribution in [0.15, 0.2) is 62.3 Å². The van der Waals surface area contributed by atoms with E-state index in [1.165, 1.54) is 0 Å². The maximum atomic E-state index is 12.3. The first-order chi connectivity index (χ1) is 13.1. The van der Waals surface area contributed by atoms with Gasteiger partial charge in [-0.1, -0.05) is 37.1 Å². The number of hydrogen-bond donors (Lipinski definition) is 1. The van der Waals surface area contributed by atoms with Crippen molar-refractivity contribution in [3.63, 3.8) is 0 Å². The molecule has 2 heterocycles. The number of nitrogens with one attached hydrogen (secondary N) is 1. The van der Waals surface area contributed by atoms with Gasteiger partial charge in [0, 0.05) is 15.7 Å². The second kappa shape index (κ2) is 7.24. The van der Waals surface area contributed by atoms with Gasteiger partial charge < -0.3 is 8.83 Å². The molecule has 0 fully saturated rings. The highest BCUT2D eigenvalue weighted by Gasteiger charge is 2.18. The van der Waals surface area contributed by atoms with Crippen molar-refractivity contribution in [1.29, 1.82) is 0 Å². The molecule has 2 aromatic heterocycles. The Labute approximate surface area is 159 Å². The minimum atomic E-state index is -0.550. The quantitative estimate of drug-likeness (QED) is 0.504. The molecule has 0 aliphatic rings. The predicted molar refractivity (Wildman–Crippen MR) is 103 cm³/mol. The summed E-state index contributed by atoms with van der Waals surface area (Å²) in [5.74, 6) is -0.286. The number of aromatic nitrogens is 3. The number of fused-ring (bicyclic) bond motifs is 1. The van der Waals surface area contributed by atoms with Crippen LogP contribution < -0.4 is 5.32 Å². The lowest BCUT2D eigenvalue weighted by atomic mass is 10.2. The van der Waals surface area contributed by atoms with Crippen LogP contribution in [0.1, 0.15) is 24.5 Å². The third-order valence-electron chi connectivity index (χ3n) is 3.59. The van der Waals surface area contributed by atoms with Crippen molar-refractivity contribution in [3.8, 4) is 11.5 Å². The maximum absolute atomic E-state index is 12.3. The van der Waals surface area contributed by atoms with Gasteiger partial charge in [-0.25, -0.2) is 4.98 Å². The van der Waals surface area contributed by atoms with Crippen LogP contribution in [0.25, 0.3) is 22.6 Å². The Hall–Kier alpha value is -3.13. The number of hydrogen-bond acceptors (Lipinski definition) is 7. The van der Waals surface area contributed by atoms with Crippen LogP contribution in [0.3, 0.4) is 0 Å². The number of rotatable bonds is 5. The van der Waals surface area contributed by atoms with E-state index in [4.69, 9.17) is 8.83 Å². The third kappa shape index (κ3) is 3.85. The molecule has 0 aliphatic carbocycles. The lowest BCUT2D eigenvalue weighted by Crippen LogP contribution is -2.12. The maximum Gasteiger partial charge on any atom is 0.322 e. The summed E-state index contributed by atoms with van der Waals surface area (Å²) < 4.78 is 11.0. The van der Waals surface area contributed by atoms with E-state index in [0.29, 0.717) is 22.2 Å². The van der Waals surface area contributed by atoms with E-state index >= 15 is 0 Å². The van der Waals surface area contributed by atoms with E-state index in [-0.39, 0.29) is 11.9 Å². The van der Waals surface area contributed by atoms with Gasteiger partial charge in [0.2, 0.25) is 5.89 Å². The van der Waals surface area contributed by atoms with Crippen LogP contribution in [-0.2, 0) is 0 Å². The molecule has 1 N–H and O–H groups in total. The average molecular weight is 380 g/mol. The number of para-hydroxylation sites is 2. The molecule has 136 valence electrons. The van der Waals surface area contributed by atoms with E-state index in [1.807, 2.05) is 36.4 Å². The fourth-order valence-corrected chi connectivity index (χ4v) is 3.38. The molecule has 2 aromatic carbocycles. The van der Waals surface area contributed by atoms with Crippen molar-refractivity contribution >= 4 is 34.8 Å². The normalized spacial score (nSPS) is 11.2. The van der Waals surface area contributed by atoms with E-state index < -0.39 is 5.91 Å². The smallest absolute Gasteiger partial charge is 0.322 e. The largest absolute Gasteiger partial charge is 0.432 e. The van der Waals surface area contributed by atoms with E-state index in [9.17, 15) is 4.79 Å². The molecule has 7 nitrogen and oxygen atoms in total. The topological polar surface area (TPSA) is 94.1 Å². The molecule has 8 heteroatoms. The summed E-state index contributed by atoms with van der Waals surface area (Å²) in [7, 11) is 0. The van der Waals surface area contributed by atoms with Gasteiger partial charge in [-0.2, -0.15) is 0 Å². The Kier molecular flexibility index (Phi) is 4.64. The van der Waals surface area contributed by atoms with Crippen LogP contribution >= 0.6 is 11.8 Å². The zero-order chi connectivity index (χ0) is 18.8. The monoisotopic (exact) mass is 380 g/mol. The molecule has 4 aromatic rings. The number of nitrogens with zero attached hydrogens (tertiary/aromatic N) is 3. The van der Waals surface area contributed by atoms with Crippen LogP contribution in [0, 0.1) is 0 Å². The molecule has 0 bridgehead atoms. The van der Waals surface area contributed by atoms with Gasteiger partial charge >= 0.3 is 11.9 Å². The summed E-state index contributed by atoms with van der Waals surface area (Å²) >= 11 is 1.74. The molecular formula is C19H16N4O3S. The van der Waals surface area contributed by atoms with Crippen molar-refractivity contribution in [1.82, 2.24) is 15.2 Å². The summed E-state index contributed by atoms with van der Waals surface area (Å²) in [6, 6.07) is 14.9. The molecule has 0 radical (unpaired) electrons. The zero-order valence-corrected chi connectivity index (χ0v) is 15.5. The number of oxazole rings is 1. The summed E-state index contributed by atoms with van der Waals surface area (Å²) in [6.45, 7) is 4.26. The second-order valence-electron chi connectivity index (χ2n) is 6.05. The number of amides is 1. The Balaban J connectivity index is 1.51. The van der Waals surface area contributed by atoms with Crippen molar-refractivity contribution in [3.05, 3.63) is 54.4 Å². The van der Waals surface area contributed by atoms with Gasteiger partial charge in [0.05, 0.1) is 0 Å². The van der Waals surface area contributed by atoms with Gasteiger partial charge in [-0.15, -0.1) is 16.9 Å². The molecule has 0 unspecified atom stereocenters. The lowest BCUT2D eigenvalue weighted by molar-refractivity contribution is 0.0989. The van der Waals surface area contributed by atoms with Gasteiger partial charge in [-0.05, 0) is 30.3 Å². The predicted octanol–water partition coefficient (Wildman–Crippen LogP) is 4.63. The number of thioether (sulfide) groups is 1. The van der Waals surface area contributed by atoms with Gasteiger partial charge in [-0.3, -0.25) is 10.1 Å². The fraction of sp³-hybridized carbons (Fsp3) is 0.158. The van der Waals surface area contributed by atoms with Crippen LogP contribution in [0.5, 0.6) is 0 Å². The molecule has 27 heavy (non-hydrogen) atoms. The molecule has 0 aliphatic heterocycles. The van der Waals surface area contributed by atoms with Gasteiger partial charge in [0.25, 0.3) is 5.89 Å². The molecule has 0 spiro atoms. The molecule has 0 saturated carbocycles. The van der Waals surface area contributed by atoms with Crippen LogP contribution in [-0.4, -0.2) is 26.3 Å². The van der Waals surface area contributed by atoms with Crippen molar-refractivity contribution < 1.29 is 13.6 Å². The van der Waals surface area contributed by atoms with E-state index in [2.05, 4.69) is 34.3 Å². The highest BCUT2D eigenvalue weighted by atomic mass is 32.2. The summed E-state index contributed by atoms with van der Waals surface area (Å²) in [5.41, 5.74) is 1.93. The van der Waals surface area contributed by atoms with Gasteiger partial charge in [0.15, 0.2) is 5.58 Å². The molecule has 1 amide bonds. The summed E-state index contributed by atoms with van der Waals surface area (Å²) in [5, 5.41) is 10.9. The lowest BCUT2D eigenvalue weighted by Gasteiger charge is -2.05. The first-order valence-electron chi connectivity index (χ1n) is 8.36. The first kappa shape index (κ1) is 17.3. The van der Waals surface area contributed by atoms with Crippen molar-refractivity contribution in [2.75, 3.05) is 5.32 Å². The van der Waals surface area contributed by atoms with Gasteiger partial charge in [0.1, 0.15) is 5.52 Å². The number of benzene rings is 2. The van der Waals surface area contributed by atoms with Crippen molar-refractivity contribution in [2.45, 2.75) is 24.0 Å². The minimum absolute atomic E-state index is 0.0147. The Bertz CT molecular complexity index is 1070. The Morgan fingerprint density at radius 2 is 1.93 bits per heavy atom. The number of carbonyl (C=O) groups is 1. The Morgan fingerprint density at radius 1 is 1.07 bits per heavy atom. The zero-order valence-electron chi connectivity index (χ0n) is 14.7. The van der Waals surface area contributed by atoms with Crippen molar-refractivity contribution in [2.24, 2.45) is 0 Å². The Morgan fingerprint density at radius 3 is 2.74 bits per heavy atom. The molecular weight excluding hydrogens is 364 g/mol. The standard InChI is InChI=1S/C19H16N4O3S/c1-11(2)27-13-7-5-6-12(10-13)17-22-23-19(26-17)21-16(24)18-20-14-8-3-4-9-15(14)25-18/h3-11H,1-2H3,(H,21,23,24). The SMILES string of the molecule is CC(C)Sc1cccc(-c2nnc(NC(=O)c3nc4ccccc4o3)o2)c1. The highest BCUT2D eigenvalue weighted by molar-refractivity contribution is 7.99.